The molecule has 0 radical (unpaired) electrons. The van der Waals surface area contributed by atoms with E-state index < -0.39 is 5.91 Å². The second kappa shape index (κ2) is 17.5. The molecule has 8 heterocycles. The van der Waals surface area contributed by atoms with Gasteiger partial charge in [-0.15, -0.1) is 0 Å². The monoisotopic (exact) mass is 946 g/mol. The molecule has 73 heavy (non-hydrogen) atoms. The molecular weight excluding hydrogens is 885 g/mol. The van der Waals surface area contributed by atoms with Crippen LogP contribution >= 0.6 is 0 Å². The van der Waals surface area contributed by atoms with Crippen molar-refractivity contribution in [3.05, 3.63) is 226 Å². The Kier molecular flexibility index (Phi) is 10.9. The van der Waals surface area contributed by atoms with Crippen molar-refractivity contribution in [2.45, 2.75) is 75.1 Å². The summed E-state index contributed by atoms with van der Waals surface area (Å²) in [5.74, 6) is -0.895. The van der Waals surface area contributed by atoms with Crippen LogP contribution in [0.5, 0.6) is 0 Å². The number of hydrogen-bond acceptors (Lipinski definition) is 0. The van der Waals surface area contributed by atoms with Gasteiger partial charge >= 0.3 is 5.91 Å². The van der Waals surface area contributed by atoms with Crippen LogP contribution < -0.4 is 10.7 Å². The summed E-state index contributed by atoms with van der Waals surface area (Å²) in [5, 5.41) is 17.6. The van der Waals surface area contributed by atoms with Gasteiger partial charge in [0.1, 0.15) is 0 Å². The average Bonchev–Trinajstić information content (AvgIpc) is 4.19. The van der Waals surface area contributed by atoms with Gasteiger partial charge in [-0.3, -0.25) is 0 Å². The van der Waals surface area contributed by atoms with E-state index in [4.69, 9.17) is 0 Å². The van der Waals surface area contributed by atoms with Crippen LogP contribution in [0.3, 0.4) is 0 Å². The molecule has 6 aliphatic heterocycles. The molecule has 11 aromatic rings. The molecule has 356 valence electrons. The van der Waals surface area contributed by atoms with Crippen LogP contribution in [0, 0.1) is 0 Å². The van der Waals surface area contributed by atoms with Gasteiger partial charge in [-0.1, -0.05) is 206 Å². The summed E-state index contributed by atoms with van der Waals surface area (Å²) in [6, 6.07) is 66.4. The number of nitrogens with zero attached hydrogens (tertiary/aromatic N) is 4. The van der Waals surface area contributed by atoms with Crippen molar-refractivity contribution in [1.29, 1.82) is 0 Å². The van der Waals surface area contributed by atoms with Gasteiger partial charge in [-0.05, 0) is 97.2 Å². The van der Waals surface area contributed by atoms with Crippen LogP contribution in [-0.4, -0.2) is 29.7 Å². The predicted octanol–water partition coefficient (Wildman–Crippen LogP) is 16.1. The first-order valence-corrected chi connectivity index (χ1v) is 27.0. The maximum atomic E-state index is 2.76. The molecule has 1 atom stereocenters. The molecule has 0 fully saturated rings. The molecule has 9 aromatic carbocycles. The fourth-order valence-corrected chi connectivity index (χ4v) is 12.7. The van der Waals surface area contributed by atoms with Gasteiger partial charge in [0.2, 0.25) is 22.8 Å². The Morgan fingerprint density at radius 1 is 0.342 bits per heavy atom. The summed E-state index contributed by atoms with van der Waals surface area (Å²) in [6.45, 7) is 20.0. The SMILES string of the molecule is C1=C2c3cc4ccccc4cc3C3=[N+]2C24n5c1c1cc6ccccc6cc1c5C(c1ccccc1)=C1c5cc6ccccc6cc5C(=[N+]12)C=c1c2cc5ccccc5cc2c(n14)=C3.CC.CC.CC.CC.CC. The van der Waals surface area contributed by atoms with Crippen molar-refractivity contribution in [2.24, 2.45) is 0 Å². The van der Waals surface area contributed by atoms with E-state index in [0.29, 0.717) is 0 Å². The molecule has 17 rings (SSSR count). The van der Waals surface area contributed by atoms with Crippen molar-refractivity contribution in [3.8, 4) is 0 Å². The molecule has 6 aliphatic rings. The van der Waals surface area contributed by atoms with Crippen molar-refractivity contribution in [3.63, 3.8) is 0 Å². The third kappa shape index (κ3) is 5.84. The predicted molar refractivity (Wildman–Crippen MR) is 314 cm³/mol. The number of rotatable bonds is 1. The Bertz CT molecular complexity index is 4410. The number of aromatic nitrogens is 2. The standard InChI is InChI=1S/C59H32N4.5C2H6/c1-2-12-33(13-3-1)56-57-48-28-40-20-10-8-18-38(40)26-46(48)54-31-52-44-24-36-16-6-4-14-34(36)22-42(44)50-30-51-43-23-35-15-5-7-17-37(35)25-45(43)53-32-55-47-27-39-19-9-11-21-41(39)29-49(47)58(56)63(55)59(60(50)52,61(51)53)62(54)57;5*1-2/h1-32H;5*1-2H3/q+2;;;;;. The quantitative estimate of drug-likeness (QED) is 0.146. The highest BCUT2D eigenvalue weighted by Crippen LogP contribution is 2.57. The Morgan fingerprint density at radius 3 is 1.22 bits per heavy atom. The normalized spacial score (nSPS) is 16.0. The third-order valence-corrected chi connectivity index (χ3v) is 15.2. The molecule has 0 N–H and O–H groups in total. The van der Waals surface area contributed by atoms with Crippen LogP contribution in [0.4, 0.5) is 0 Å². The fraction of sp³-hybridized carbons (Fsp3) is 0.159. The first-order chi connectivity index (χ1) is 36.2. The highest BCUT2D eigenvalue weighted by Gasteiger charge is 2.73. The smallest absolute Gasteiger partial charge is 0.198 e. The molecule has 4 nitrogen and oxygen atoms in total. The average molecular weight is 947 g/mol. The van der Waals surface area contributed by atoms with Crippen LogP contribution in [-0.2, 0) is 5.91 Å². The molecule has 0 saturated carbocycles. The van der Waals surface area contributed by atoms with E-state index in [2.05, 4.69) is 212 Å². The van der Waals surface area contributed by atoms with Crippen molar-refractivity contribution in [1.82, 2.24) is 9.13 Å². The van der Waals surface area contributed by atoms with Crippen LogP contribution in [0.15, 0.2) is 176 Å². The van der Waals surface area contributed by atoms with Crippen molar-refractivity contribution in [2.75, 3.05) is 0 Å². The lowest BCUT2D eigenvalue weighted by Gasteiger charge is -2.39. The lowest BCUT2D eigenvalue weighted by molar-refractivity contribution is -0.805. The molecule has 1 spiro atoms. The molecule has 0 bridgehead atoms. The van der Waals surface area contributed by atoms with Gasteiger partial charge in [0.05, 0.1) is 49.9 Å². The van der Waals surface area contributed by atoms with Crippen LogP contribution in [0.2, 0.25) is 0 Å². The summed E-state index contributed by atoms with van der Waals surface area (Å²) in [7, 11) is 0. The van der Waals surface area contributed by atoms with E-state index in [1.165, 1.54) is 143 Å². The Balaban J connectivity index is 0.000000515. The maximum Gasteiger partial charge on any atom is 0.554 e. The summed E-state index contributed by atoms with van der Waals surface area (Å²) in [5.41, 5.74) is 15.0. The van der Waals surface area contributed by atoms with Gasteiger partial charge in [0.25, 0.3) is 0 Å². The maximum absolute atomic E-state index is 2.76. The topological polar surface area (TPSA) is 15.9 Å². The zero-order chi connectivity index (χ0) is 50.4. The fourth-order valence-electron chi connectivity index (χ4n) is 12.7. The Labute approximate surface area is 428 Å². The highest BCUT2D eigenvalue weighted by molar-refractivity contribution is 6.29. The third-order valence-electron chi connectivity index (χ3n) is 15.2. The van der Waals surface area contributed by atoms with E-state index in [-0.39, 0.29) is 0 Å². The summed E-state index contributed by atoms with van der Waals surface area (Å²) >= 11 is 0. The largest absolute Gasteiger partial charge is 0.554 e. The number of fused-ring (bicyclic) bond motifs is 16. The summed E-state index contributed by atoms with van der Waals surface area (Å²) in [4.78, 5) is 0. The second-order valence-corrected chi connectivity index (χ2v) is 18.1. The van der Waals surface area contributed by atoms with E-state index in [1.54, 1.807) is 0 Å². The van der Waals surface area contributed by atoms with E-state index >= 15 is 0 Å². The van der Waals surface area contributed by atoms with Gasteiger partial charge < -0.3 is 0 Å². The highest BCUT2D eigenvalue weighted by atomic mass is 15.6. The van der Waals surface area contributed by atoms with Crippen molar-refractivity contribution >= 4 is 111 Å². The van der Waals surface area contributed by atoms with Gasteiger partial charge in [-0.25, -0.2) is 0 Å². The minimum atomic E-state index is -0.895. The van der Waals surface area contributed by atoms with E-state index in [9.17, 15) is 0 Å². The minimum Gasteiger partial charge on any atom is -0.198 e. The first-order valence-electron chi connectivity index (χ1n) is 27.0. The molecule has 0 aliphatic carbocycles. The Morgan fingerprint density at radius 2 is 0.726 bits per heavy atom. The van der Waals surface area contributed by atoms with Crippen LogP contribution in [0.1, 0.15) is 108 Å². The van der Waals surface area contributed by atoms with Crippen molar-refractivity contribution < 1.29 is 9.15 Å². The van der Waals surface area contributed by atoms with Gasteiger partial charge in [-0.2, -0.15) is 9.13 Å². The molecule has 2 aromatic heterocycles. The molecule has 0 amide bonds. The van der Waals surface area contributed by atoms with E-state index in [1.807, 2.05) is 69.2 Å². The lowest BCUT2D eigenvalue weighted by atomic mass is 9.91. The Hall–Kier alpha value is -8.34. The van der Waals surface area contributed by atoms with Gasteiger partial charge in [0.15, 0.2) is 0 Å². The molecule has 1 unspecified atom stereocenters. The zero-order valence-corrected chi connectivity index (χ0v) is 43.8. The second-order valence-electron chi connectivity index (χ2n) is 18.1. The molecular formula is C69H62N4+2. The van der Waals surface area contributed by atoms with Crippen LogP contribution in [0.25, 0.3) is 99.8 Å². The van der Waals surface area contributed by atoms with Gasteiger partial charge in [0, 0.05) is 39.8 Å². The molecule has 4 heteroatoms. The lowest BCUT2D eigenvalue weighted by Crippen LogP contribution is -2.69. The first kappa shape index (κ1) is 45.8. The summed E-state index contributed by atoms with van der Waals surface area (Å²) < 4.78 is 11.0. The number of benzene rings is 9. The zero-order valence-electron chi connectivity index (χ0n) is 43.8. The molecule has 0 saturated heterocycles. The van der Waals surface area contributed by atoms with E-state index in [0.717, 1.165) is 0 Å². The number of hydrogen-bond donors (Lipinski definition) is 0. The summed E-state index contributed by atoms with van der Waals surface area (Å²) in [6.07, 6.45) is 7.55. The minimum absolute atomic E-state index is 0.895.